The van der Waals surface area contributed by atoms with E-state index in [0.717, 1.165) is 96.3 Å². The first-order chi connectivity index (χ1) is 43.6. The Kier molecular flexibility index (Phi) is 104. The second-order valence-electron chi connectivity index (χ2n) is 25.2. The molecule has 0 radical (unpaired) electrons. The molecular formula is C78H146K2O12. The van der Waals surface area contributed by atoms with Gasteiger partial charge in [-0.1, -0.05) is 282 Å². The zero-order valence-corrected chi connectivity index (χ0v) is 67.5. The molecule has 0 fully saturated rings. The Hall–Kier alpha value is -0.0473. The van der Waals surface area contributed by atoms with Gasteiger partial charge in [-0.25, -0.2) is 0 Å². The summed E-state index contributed by atoms with van der Waals surface area (Å²) in [5, 5.41) is 34.2. The normalized spacial score (nSPS) is 11.2. The standard InChI is InChI=1S/C57H104O6.C18H34O2.C3H8O3.2K.H2O/c1-4-7-10-13-16-19-22-25-28-31-34-37-40-43-46-49-55(58)61-52-54(63-57(60)51-48-45-42-39-36-33-30-27-24-21-18-15-12-9-6-3)53-62-56(59)50-47-44-41-38-35-32-29-26-23-20-17-14-11-8-5-2;1-2-3-4-5-6-7-8-9-10-11-12-13-14-15-16-17-18(19)20;4-1-3(6)2-5;;;/h25-30,54H,4-24,31-53H2,1-3H3;9-10H,2-8,11-17H2,1H3,(H,19,20);3-6H,1-2H2;;;1H2/q;;;2*+1;/p-2/b28-25-,29-26-,30-27-;10-9-;;;;. The molecule has 0 unspecified atom stereocenters. The van der Waals surface area contributed by atoms with Crippen LogP contribution in [-0.2, 0) is 33.4 Å². The molecule has 14 heteroatoms. The van der Waals surface area contributed by atoms with E-state index >= 15 is 0 Å². The van der Waals surface area contributed by atoms with Gasteiger partial charge in [0.25, 0.3) is 0 Å². The number of carbonyl (C=O) groups excluding carboxylic acids is 4. The Morgan fingerprint density at radius 3 is 0.717 bits per heavy atom. The van der Waals surface area contributed by atoms with Crippen molar-refractivity contribution in [3.63, 3.8) is 0 Å². The molecule has 532 valence electrons. The first-order valence-electron chi connectivity index (χ1n) is 37.8. The number of hydrogen-bond acceptors (Lipinski definition) is 12. The number of carbonyl (C=O) groups is 4. The van der Waals surface area contributed by atoms with Crippen LogP contribution in [0, 0.1) is 0 Å². The predicted molar refractivity (Wildman–Crippen MR) is 377 cm³/mol. The van der Waals surface area contributed by atoms with Crippen molar-refractivity contribution in [3.05, 3.63) is 48.6 Å². The summed E-state index contributed by atoms with van der Waals surface area (Å²) in [6.45, 7) is 8.15. The Morgan fingerprint density at radius 1 is 0.315 bits per heavy atom. The maximum atomic E-state index is 12.8. The summed E-state index contributed by atoms with van der Waals surface area (Å²) in [4.78, 5) is 48.3. The Morgan fingerprint density at radius 2 is 0.511 bits per heavy atom. The van der Waals surface area contributed by atoms with E-state index in [9.17, 15) is 24.3 Å². The van der Waals surface area contributed by atoms with E-state index < -0.39 is 18.2 Å². The zero-order chi connectivity index (χ0) is 65.7. The fourth-order valence-electron chi connectivity index (χ4n) is 10.3. The van der Waals surface area contributed by atoms with E-state index in [1.165, 1.54) is 238 Å². The minimum absolute atomic E-state index is 0. The second kappa shape index (κ2) is 93.0. The molecule has 4 N–H and O–H groups in total. The molecule has 0 atom stereocenters. The molecule has 0 bridgehead atoms. The molecule has 0 rings (SSSR count). The van der Waals surface area contributed by atoms with Crippen LogP contribution in [0.3, 0.4) is 0 Å². The molecule has 12 nitrogen and oxygen atoms in total. The maximum Gasteiger partial charge on any atom is 1.00 e. The fourth-order valence-corrected chi connectivity index (χ4v) is 10.3. The maximum absolute atomic E-state index is 12.8. The number of aliphatic hydroxyl groups excluding tert-OH is 3. The molecule has 0 aromatic rings. The minimum Gasteiger partial charge on any atom is -0.870 e. The molecule has 0 saturated heterocycles. The van der Waals surface area contributed by atoms with Gasteiger partial charge in [0.1, 0.15) is 19.3 Å². The first kappa shape index (κ1) is 103. The number of aliphatic carboxylic acids is 1. The van der Waals surface area contributed by atoms with Gasteiger partial charge in [0.2, 0.25) is 0 Å². The third kappa shape index (κ3) is 96.3. The Labute approximate surface area is 653 Å². The number of unbranched alkanes of at least 4 members (excludes halogenated alkanes) is 44. The van der Waals surface area contributed by atoms with Crippen molar-refractivity contribution in [2.45, 2.75) is 399 Å². The van der Waals surface area contributed by atoms with Crippen molar-refractivity contribution >= 4 is 23.9 Å². The molecule has 92 heavy (non-hydrogen) atoms. The van der Waals surface area contributed by atoms with E-state index in [4.69, 9.17) is 29.5 Å². The van der Waals surface area contributed by atoms with Gasteiger partial charge in [-0.05, 0) is 135 Å². The first-order valence-corrected chi connectivity index (χ1v) is 37.8. The van der Waals surface area contributed by atoms with Crippen molar-refractivity contribution in [1.82, 2.24) is 0 Å². The van der Waals surface area contributed by atoms with E-state index in [1.54, 1.807) is 0 Å². The van der Waals surface area contributed by atoms with E-state index in [0.29, 0.717) is 19.3 Å². The fraction of sp³-hybridized carbons (Fsp3) is 0.846. The zero-order valence-electron chi connectivity index (χ0n) is 61.3. The number of rotatable bonds is 67. The van der Waals surface area contributed by atoms with Crippen molar-refractivity contribution in [1.29, 1.82) is 0 Å². The quantitative estimate of drug-likeness (QED) is 0.0171. The summed E-state index contributed by atoms with van der Waals surface area (Å²) in [7, 11) is 0. The molecule has 0 aliphatic rings. The smallest absolute Gasteiger partial charge is 0.870 e. The number of ether oxygens (including phenoxy) is 3. The van der Waals surface area contributed by atoms with Crippen LogP contribution in [0.25, 0.3) is 0 Å². The topological polar surface area (TPSA) is 210 Å². The van der Waals surface area contributed by atoms with E-state index in [-0.39, 0.29) is 159 Å². The van der Waals surface area contributed by atoms with Gasteiger partial charge < -0.3 is 44.9 Å². The number of aliphatic hydroxyl groups is 3. The number of carboxylic acids is 1. The van der Waals surface area contributed by atoms with Crippen LogP contribution < -0.4 is 108 Å². The predicted octanol–water partition coefficient (Wildman–Crippen LogP) is 15.0. The van der Waals surface area contributed by atoms with E-state index in [1.807, 2.05) is 0 Å². The third-order valence-electron chi connectivity index (χ3n) is 16.2. The van der Waals surface area contributed by atoms with Crippen LogP contribution in [0.15, 0.2) is 48.6 Å². The Balaban J connectivity index is -0.000000529. The van der Waals surface area contributed by atoms with Crippen molar-refractivity contribution in [2.24, 2.45) is 0 Å². The number of esters is 3. The molecule has 0 aliphatic carbocycles. The van der Waals surface area contributed by atoms with Crippen molar-refractivity contribution < 1.29 is 162 Å². The van der Waals surface area contributed by atoms with Crippen LogP contribution in [-0.4, -0.2) is 83.3 Å². The van der Waals surface area contributed by atoms with Gasteiger partial charge in [0, 0.05) is 25.2 Å². The van der Waals surface area contributed by atoms with Crippen LogP contribution >= 0.6 is 0 Å². The average Bonchev–Trinajstić information content (AvgIpc) is 3.75. The molecule has 0 saturated carbocycles. The van der Waals surface area contributed by atoms with Crippen LogP contribution in [0.4, 0.5) is 0 Å². The van der Waals surface area contributed by atoms with Crippen LogP contribution in [0.5, 0.6) is 0 Å². The van der Waals surface area contributed by atoms with Gasteiger partial charge in [0.15, 0.2) is 6.10 Å². The number of allylic oxidation sites excluding steroid dienone is 8. The molecule has 0 aliphatic heterocycles. The summed E-state index contributed by atoms with van der Waals surface area (Å²) >= 11 is 0. The second-order valence-corrected chi connectivity index (χ2v) is 25.2. The van der Waals surface area contributed by atoms with Gasteiger partial charge in [-0.3, -0.25) is 14.4 Å². The summed E-state index contributed by atoms with van der Waals surface area (Å²) in [5.41, 5.74) is 0. The molecule has 0 aromatic carbocycles. The van der Waals surface area contributed by atoms with Crippen LogP contribution in [0.1, 0.15) is 387 Å². The molecular weight excluding hydrogens is 1210 g/mol. The summed E-state index contributed by atoms with van der Waals surface area (Å²) in [6, 6.07) is 0. The molecule has 0 aromatic heterocycles. The largest absolute Gasteiger partial charge is 1.00 e. The monoisotopic (exact) mass is 1350 g/mol. The van der Waals surface area contributed by atoms with Crippen LogP contribution in [0.2, 0.25) is 0 Å². The summed E-state index contributed by atoms with van der Waals surface area (Å²) in [5.74, 6) is -1.81. The third-order valence-corrected chi connectivity index (χ3v) is 16.2. The molecule has 0 amide bonds. The molecule has 0 spiro atoms. The van der Waals surface area contributed by atoms with E-state index in [2.05, 4.69) is 76.3 Å². The van der Waals surface area contributed by atoms with Crippen molar-refractivity contribution in [3.8, 4) is 0 Å². The Bertz CT molecular complexity index is 1510. The summed E-state index contributed by atoms with van der Waals surface area (Å²) in [6.07, 6.45) is 81.2. The SMILES string of the molecule is CCCCCCCC/C=C\CCCCCCCC(=O)OCC(COC(=O)CCCCCCC/C=C\CCCCCCCC)OC(=O)CCCCCCC/C=C\CCCCCCCC.CCCCCCCC/C=C\CCCCCCCC(=O)[O-].OCC(O)CO.[K+].[K+].[OH-]. The minimum atomic E-state index is -0.954. The molecule has 0 heterocycles. The van der Waals surface area contributed by atoms with Gasteiger partial charge >= 0.3 is 121 Å². The average molecular weight is 1350 g/mol. The van der Waals surface area contributed by atoms with Gasteiger partial charge in [-0.15, -0.1) is 0 Å². The summed E-state index contributed by atoms with van der Waals surface area (Å²) < 4.78 is 16.8. The number of hydrogen-bond donors (Lipinski definition) is 3. The van der Waals surface area contributed by atoms with Gasteiger partial charge in [-0.2, -0.15) is 0 Å². The number of carboxylic acid groups (broad SMARTS) is 1. The van der Waals surface area contributed by atoms with Gasteiger partial charge in [0.05, 0.1) is 13.2 Å². The van der Waals surface area contributed by atoms with Crippen molar-refractivity contribution in [2.75, 3.05) is 26.4 Å².